The fourth-order valence-corrected chi connectivity index (χ4v) is 12.4. The van der Waals surface area contributed by atoms with Crippen LogP contribution in [-0.2, 0) is 18.7 Å². The van der Waals surface area contributed by atoms with Crippen LogP contribution >= 0.6 is 0 Å². The van der Waals surface area contributed by atoms with Crippen LogP contribution in [0.1, 0.15) is 54.4 Å². The number of fused-ring (bicyclic) bond motifs is 1. The van der Waals surface area contributed by atoms with Crippen LogP contribution in [0, 0.1) is 11.8 Å². The second-order valence-corrected chi connectivity index (χ2v) is 18.0. The Bertz CT molecular complexity index is 1190. The number of amides is 2. The summed E-state index contributed by atoms with van der Waals surface area (Å²) < 4.78 is 18.7. The molecule has 216 valence electrons. The molecule has 2 bridgehead atoms. The Morgan fingerprint density at radius 3 is 2.05 bits per heavy atom. The van der Waals surface area contributed by atoms with Gasteiger partial charge >= 0.3 is 6.09 Å². The Morgan fingerprint density at radius 1 is 0.975 bits per heavy atom. The summed E-state index contributed by atoms with van der Waals surface area (Å²) in [6.07, 6.45) is 0.902. The van der Waals surface area contributed by atoms with Gasteiger partial charge in [-0.05, 0) is 54.9 Å². The van der Waals surface area contributed by atoms with Crippen molar-refractivity contribution in [3.05, 3.63) is 60.7 Å². The van der Waals surface area contributed by atoms with E-state index in [1.807, 2.05) is 37.8 Å². The third-order valence-electron chi connectivity index (χ3n) is 8.96. The van der Waals surface area contributed by atoms with Crippen molar-refractivity contribution in [1.29, 1.82) is 0 Å². The number of hydrogen-bond acceptors (Lipinski definition) is 5. The van der Waals surface area contributed by atoms with E-state index in [0.29, 0.717) is 6.54 Å². The minimum Gasteiger partial charge on any atom is -0.444 e. The number of rotatable bonds is 7. The third-order valence-corrected chi connectivity index (χ3v) is 14.0. The highest BCUT2D eigenvalue weighted by Crippen LogP contribution is 2.60. The molecule has 2 unspecified atom stereocenters. The van der Waals surface area contributed by atoms with Crippen LogP contribution in [-0.4, -0.2) is 68.8 Å². The van der Waals surface area contributed by atoms with E-state index in [9.17, 15) is 9.59 Å². The minimum atomic E-state index is -2.97. The van der Waals surface area contributed by atoms with E-state index in [2.05, 4.69) is 74.6 Å². The third kappa shape index (κ3) is 4.78. The van der Waals surface area contributed by atoms with Gasteiger partial charge in [-0.15, -0.1) is 0 Å². The summed E-state index contributed by atoms with van der Waals surface area (Å²) in [7, 11) is -1.41. The van der Waals surface area contributed by atoms with Crippen LogP contribution in [0.4, 0.5) is 4.79 Å². The van der Waals surface area contributed by atoms with E-state index in [-0.39, 0.29) is 41.5 Å². The van der Waals surface area contributed by atoms with Crippen LogP contribution < -0.4 is 15.7 Å². The van der Waals surface area contributed by atoms with Crippen LogP contribution in [0.25, 0.3) is 0 Å². The Kier molecular flexibility index (Phi) is 7.42. The van der Waals surface area contributed by atoms with Gasteiger partial charge < -0.3 is 24.1 Å². The second-order valence-electron chi connectivity index (χ2n) is 13.8. The monoisotopic (exact) mass is 564 g/mol. The van der Waals surface area contributed by atoms with Gasteiger partial charge in [0.05, 0.1) is 17.7 Å². The zero-order valence-corrected chi connectivity index (χ0v) is 25.9. The Balaban J connectivity index is 1.64. The lowest BCUT2D eigenvalue weighted by Crippen LogP contribution is -2.83. The first-order valence-corrected chi connectivity index (χ1v) is 16.3. The molecule has 0 aromatic heterocycles. The highest BCUT2D eigenvalue weighted by molar-refractivity contribution is 6.99. The number of ether oxygens (including phenoxy) is 2. The highest BCUT2D eigenvalue weighted by atomic mass is 28.4. The predicted molar refractivity (Wildman–Crippen MR) is 158 cm³/mol. The van der Waals surface area contributed by atoms with E-state index in [1.54, 1.807) is 7.11 Å². The summed E-state index contributed by atoms with van der Waals surface area (Å²) in [4.78, 5) is 28.7. The second kappa shape index (κ2) is 10.3. The quantitative estimate of drug-likeness (QED) is 0.513. The topological polar surface area (TPSA) is 77.1 Å². The Labute approximate surface area is 239 Å². The number of carbonyl (C=O) groups excluding carboxylic acids is 2. The van der Waals surface area contributed by atoms with Crippen molar-refractivity contribution in [1.82, 2.24) is 10.2 Å². The number of hydrogen-bond donors (Lipinski definition) is 1. The van der Waals surface area contributed by atoms with Gasteiger partial charge in [-0.25, -0.2) is 4.79 Å². The number of carbonyl (C=O) groups is 2. The lowest BCUT2D eigenvalue weighted by molar-refractivity contribution is -0.164. The first-order valence-electron chi connectivity index (χ1n) is 14.4. The maximum atomic E-state index is 13.4. The van der Waals surface area contributed by atoms with Crippen LogP contribution in [0.15, 0.2) is 60.7 Å². The molecule has 2 amide bonds. The summed E-state index contributed by atoms with van der Waals surface area (Å²) in [5.74, 6) is 0.360. The number of nitrogens with one attached hydrogen (secondary N) is 1. The van der Waals surface area contributed by atoms with E-state index >= 15 is 0 Å². The molecule has 3 aliphatic rings. The van der Waals surface area contributed by atoms with E-state index in [4.69, 9.17) is 13.9 Å². The average molecular weight is 565 g/mol. The van der Waals surface area contributed by atoms with E-state index in [0.717, 1.165) is 12.8 Å². The normalized spacial score (nSPS) is 27.6. The largest absolute Gasteiger partial charge is 0.444 e. The Morgan fingerprint density at radius 2 is 1.55 bits per heavy atom. The molecule has 40 heavy (non-hydrogen) atoms. The summed E-state index contributed by atoms with van der Waals surface area (Å²) in [5, 5.41) is 5.44. The molecule has 1 saturated heterocycles. The SMILES string of the molecule is COCC(=O)N1C[C@@H]2C[C@@H]3C1[C@@H](O[Si](c1ccccc1)(c1ccccc1)C(C)(C)C)C3(NC(=O)OC(C)(C)C)C2. The van der Waals surface area contributed by atoms with Gasteiger partial charge in [0.2, 0.25) is 5.91 Å². The van der Waals surface area contributed by atoms with Gasteiger partial charge in [0.25, 0.3) is 8.32 Å². The predicted octanol–water partition coefficient (Wildman–Crippen LogP) is 4.09. The number of alkyl carbamates (subject to hydrolysis) is 1. The van der Waals surface area contributed by atoms with Crippen molar-refractivity contribution in [2.24, 2.45) is 11.8 Å². The van der Waals surface area contributed by atoms with Crippen LogP contribution in [0.5, 0.6) is 0 Å². The lowest BCUT2D eigenvalue weighted by atomic mass is 9.61. The summed E-state index contributed by atoms with van der Waals surface area (Å²) in [6.45, 7) is 13.1. The lowest BCUT2D eigenvalue weighted by Gasteiger charge is -2.63. The average Bonchev–Trinajstić information content (AvgIpc) is 3.01. The maximum Gasteiger partial charge on any atom is 0.408 e. The summed E-state index contributed by atoms with van der Waals surface area (Å²) in [6, 6.07) is 20.9. The van der Waals surface area contributed by atoms with E-state index < -0.39 is 25.6 Å². The molecule has 1 N–H and O–H groups in total. The molecule has 0 spiro atoms. The highest BCUT2D eigenvalue weighted by Gasteiger charge is 2.74. The molecule has 1 heterocycles. The molecule has 5 atom stereocenters. The van der Waals surface area contributed by atoms with Gasteiger partial charge in [0.15, 0.2) is 0 Å². The first-order chi connectivity index (χ1) is 18.8. The number of piperidine rings is 1. The maximum absolute atomic E-state index is 13.4. The molecule has 8 heteroatoms. The zero-order chi connectivity index (χ0) is 28.9. The summed E-state index contributed by atoms with van der Waals surface area (Å²) >= 11 is 0. The van der Waals surface area contributed by atoms with Gasteiger partial charge in [0.1, 0.15) is 12.2 Å². The number of likely N-dealkylation sites (tertiary alicyclic amines) is 1. The van der Waals surface area contributed by atoms with Gasteiger partial charge in [-0.3, -0.25) is 4.79 Å². The van der Waals surface area contributed by atoms with Crippen molar-refractivity contribution >= 4 is 30.7 Å². The molecular weight excluding hydrogens is 520 g/mol. The zero-order valence-electron chi connectivity index (χ0n) is 24.9. The molecule has 0 radical (unpaired) electrons. The standard InChI is InChI=1S/C32H44N2O5Si/c1-30(2,3)38-29(36)33-32-19-22-18-25(32)27(34(20-22)26(35)21-37-7)28(32)39-40(31(4,5)6,23-14-10-8-11-15-23)24-16-12-9-13-17-24/h8-17,22,25,27-28H,18-21H2,1-7H3,(H,33,36)/t22-,25-,27?,28-,32?/m1/s1. The van der Waals surface area contributed by atoms with Crippen molar-refractivity contribution in [3.63, 3.8) is 0 Å². The fourth-order valence-electron chi connectivity index (χ4n) is 7.61. The van der Waals surface area contributed by atoms with Gasteiger partial charge in [0, 0.05) is 19.6 Å². The molecule has 7 nitrogen and oxygen atoms in total. The molecule has 5 rings (SSSR count). The number of nitrogens with zero attached hydrogens (tertiary/aromatic N) is 1. The van der Waals surface area contributed by atoms with Crippen LogP contribution in [0.2, 0.25) is 5.04 Å². The van der Waals surface area contributed by atoms with E-state index in [1.165, 1.54) is 10.4 Å². The van der Waals surface area contributed by atoms with Gasteiger partial charge in [-0.2, -0.15) is 0 Å². The first kappa shape index (κ1) is 28.8. The van der Waals surface area contributed by atoms with Crippen LogP contribution in [0.3, 0.4) is 0 Å². The molecule has 2 aliphatic carbocycles. The molecule has 2 aromatic carbocycles. The molecule has 1 aliphatic heterocycles. The fraction of sp³-hybridized carbons (Fsp3) is 0.562. The molecule has 3 fully saturated rings. The molecule has 2 saturated carbocycles. The molecule has 2 aromatic rings. The number of methoxy groups -OCH3 is 1. The van der Waals surface area contributed by atoms with Crippen molar-refractivity contribution in [2.45, 2.75) is 82.7 Å². The van der Waals surface area contributed by atoms with Crippen molar-refractivity contribution in [3.8, 4) is 0 Å². The molecular formula is C32H44N2O5Si. The van der Waals surface area contributed by atoms with Crippen molar-refractivity contribution in [2.75, 3.05) is 20.3 Å². The summed E-state index contributed by atoms with van der Waals surface area (Å²) in [5.41, 5.74) is -1.22. The smallest absolute Gasteiger partial charge is 0.408 e. The number of benzene rings is 2. The Hall–Kier alpha value is -2.68. The van der Waals surface area contributed by atoms with Crippen molar-refractivity contribution < 1.29 is 23.5 Å². The van der Waals surface area contributed by atoms with Gasteiger partial charge in [-0.1, -0.05) is 81.4 Å². The minimum absolute atomic E-state index is 0.0222.